The van der Waals surface area contributed by atoms with Gasteiger partial charge in [-0.15, -0.1) is 11.8 Å². The average molecular weight is 329 g/mol. The summed E-state index contributed by atoms with van der Waals surface area (Å²) in [6.45, 7) is 0. The number of halogens is 2. The highest BCUT2D eigenvalue weighted by Crippen LogP contribution is 2.38. The lowest BCUT2D eigenvalue weighted by molar-refractivity contribution is 0.217. The first-order valence-electron chi connectivity index (χ1n) is 5.92. The van der Waals surface area contributed by atoms with E-state index >= 15 is 0 Å². The van der Waals surface area contributed by atoms with Crippen LogP contribution < -0.4 is 4.74 Å². The van der Waals surface area contributed by atoms with Gasteiger partial charge in [-0.1, -0.05) is 41.4 Å². The summed E-state index contributed by atoms with van der Waals surface area (Å²) in [6, 6.07) is 10.9. The molecule has 1 unspecified atom stereocenters. The predicted molar refractivity (Wildman–Crippen MR) is 85.3 cm³/mol. The minimum Gasteiger partial charge on any atom is -0.495 e. The molecule has 2 nitrogen and oxygen atoms in total. The largest absolute Gasteiger partial charge is 0.495 e. The average Bonchev–Trinajstić information content (AvgIpc) is 2.48. The third-order valence-corrected chi connectivity index (χ3v) is 4.43. The lowest BCUT2D eigenvalue weighted by atomic mass is 10.0. The van der Waals surface area contributed by atoms with Crippen molar-refractivity contribution in [1.82, 2.24) is 0 Å². The van der Waals surface area contributed by atoms with Gasteiger partial charge in [0.15, 0.2) is 0 Å². The zero-order valence-electron chi connectivity index (χ0n) is 11.1. The molecule has 0 bridgehead atoms. The maximum absolute atomic E-state index is 10.6. The number of hydrogen-bond donors (Lipinski definition) is 1. The molecule has 106 valence electrons. The van der Waals surface area contributed by atoms with E-state index in [1.54, 1.807) is 23.9 Å². The van der Waals surface area contributed by atoms with Crippen LogP contribution in [0.4, 0.5) is 0 Å². The molecule has 1 atom stereocenters. The molecule has 2 aromatic carbocycles. The van der Waals surface area contributed by atoms with Crippen molar-refractivity contribution < 1.29 is 9.84 Å². The Morgan fingerprint density at radius 3 is 2.45 bits per heavy atom. The van der Waals surface area contributed by atoms with Crippen LogP contribution in [0.25, 0.3) is 0 Å². The van der Waals surface area contributed by atoms with Gasteiger partial charge in [0.25, 0.3) is 0 Å². The van der Waals surface area contributed by atoms with Crippen LogP contribution in [-0.2, 0) is 0 Å². The number of methoxy groups -OCH3 is 1. The highest BCUT2D eigenvalue weighted by atomic mass is 35.5. The molecule has 0 aromatic heterocycles. The fraction of sp³-hybridized carbons (Fsp3) is 0.200. The second-order valence-electron chi connectivity index (χ2n) is 4.15. The molecular formula is C15H14Cl2O2S. The molecule has 2 aromatic rings. The summed E-state index contributed by atoms with van der Waals surface area (Å²) in [7, 11) is 1.52. The van der Waals surface area contributed by atoms with Crippen molar-refractivity contribution in [3.8, 4) is 5.75 Å². The minimum absolute atomic E-state index is 0.424. The Bertz CT molecular complexity index is 617. The van der Waals surface area contributed by atoms with Gasteiger partial charge >= 0.3 is 0 Å². The normalized spacial score (nSPS) is 12.2. The van der Waals surface area contributed by atoms with Crippen molar-refractivity contribution in [3.63, 3.8) is 0 Å². The Balaban J connectivity index is 2.48. The summed E-state index contributed by atoms with van der Waals surface area (Å²) in [6.07, 6.45) is 1.14. The van der Waals surface area contributed by atoms with E-state index in [2.05, 4.69) is 0 Å². The monoisotopic (exact) mass is 328 g/mol. The first-order chi connectivity index (χ1) is 9.58. The van der Waals surface area contributed by atoms with Crippen molar-refractivity contribution in [1.29, 1.82) is 0 Å². The molecule has 0 fully saturated rings. The van der Waals surface area contributed by atoms with Gasteiger partial charge in [0.2, 0.25) is 0 Å². The molecule has 2 rings (SSSR count). The van der Waals surface area contributed by atoms with Crippen LogP contribution in [0, 0.1) is 0 Å². The van der Waals surface area contributed by atoms with Gasteiger partial charge in [0.05, 0.1) is 17.2 Å². The maximum atomic E-state index is 10.6. The number of benzene rings is 2. The standard InChI is InChI=1S/C15H14Cl2O2S/c1-19-13-8-11(16)10(7-12(13)17)15(18)9-5-3-4-6-14(9)20-2/h3-8,15,18H,1-2H3. The van der Waals surface area contributed by atoms with Crippen LogP contribution in [0.1, 0.15) is 17.2 Å². The van der Waals surface area contributed by atoms with Gasteiger partial charge in [-0.3, -0.25) is 0 Å². The van der Waals surface area contributed by atoms with E-state index in [0.29, 0.717) is 21.4 Å². The Kier molecular flexibility index (Phi) is 5.22. The van der Waals surface area contributed by atoms with Gasteiger partial charge in [0.1, 0.15) is 11.9 Å². The van der Waals surface area contributed by atoms with E-state index in [9.17, 15) is 5.11 Å². The number of thioether (sulfide) groups is 1. The van der Waals surface area contributed by atoms with E-state index in [4.69, 9.17) is 27.9 Å². The number of hydrogen-bond acceptors (Lipinski definition) is 3. The van der Waals surface area contributed by atoms with E-state index in [-0.39, 0.29) is 0 Å². The molecule has 0 saturated carbocycles. The zero-order valence-corrected chi connectivity index (χ0v) is 13.4. The number of aliphatic hydroxyl groups is 1. The van der Waals surface area contributed by atoms with Crippen LogP contribution in [0.5, 0.6) is 5.75 Å². The summed E-state index contributed by atoms with van der Waals surface area (Å²) in [5.74, 6) is 0.491. The van der Waals surface area contributed by atoms with E-state index in [1.165, 1.54) is 7.11 Å². The number of ether oxygens (including phenoxy) is 1. The Labute approximate surface area is 132 Å². The number of rotatable bonds is 4. The third-order valence-electron chi connectivity index (χ3n) is 3.00. The fourth-order valence-electron chi connectivity index (χ4n) is 1.97. The SMILES string of the molecule is COc1cc(Cl)c(C(O)c2ccccc2SC)cc1Cl. The van der Waals surface area contributed by atoms with E-state index < -0.39 is 6.10 Å². The summed E-state index contributed by atoms with van der Waals surface area (Å²) in [5.41, 5.74) is 1.38. The molecule has 0 aliphatic heterocycles. The van der Waals surface area contributed by atoms with Crippen molar-refractivity contribution in [2.24, 2.45) is 0 Å². The highest BCUT2D eigenvalue weighted by molar-refractivity contribution is 7.98. The fourth-order valence-corrected chi connectivity index (χ4v) is 3.11. The molecular weight excluding hydrogens is 315 g/mol. The van der Waals surface area contributed by atoms with Gasteiger partial charge in [-0.25, -0.2) is 0 Å². The second-order valence-corrected chi connectivity index (χ2v) is 5.82. The first kappa shape index (κ1) is 15.5. The summed E-state index contributed by atoms with van der Waals surface area (Å²) >= 11 is 13.9. The van der Waals surface area contributed by atoms with Crippen LogP contribution in [0.3, 0.4) is 0 Å². The highest BCUT2D eigenvalue weighted by Gasteiger charge is 2.19. The summed E-state index contributed by atoms with van der Waals surface area (Å²) in [4.78, 5) is 1.00. The van der Waals surface area contributed by atoms with Crippen molar-refractivity contribution in [2.45, 2.75) is 11.0 Å². The summed E-state index contributed by atoms with van der Waals surface area (Å²) in [5, 5.41) is 11.4. The molecule has 0 amide bonds. The zero-order chi connectivity index (χ0) is 14.7. The van der Waals surface area contributed by atoms with Crippen LogP contribution in [0.15, 0.2) is 41.3 Å². The molecule has 0 aliphatic carbocycles. The lowest BCUT2D eigenvalue weighted by Crippen LogP contribution is -2.03. The van der Waals surface area contributed by atoms with Gasteiger partial charge in [-0.2, -0.15) is 0 Å². The van der Waals surface area contributed by atoms with Crippen LogP contribution in [-0.4, -0.2) is 18.5 Å². The smallest absolute Gasteiger partial charge is 0.138 e. The topological polar surface area (TPSA) is 29.5 Å². The molecule has 0 aliphatic rings. The van der Waals surface area contributed by atoms with Gasteiger partial charge in [0, 0.05) is 16.5 Å². The maximum Gasteiger partial charge on any atom is 0.138 e. The number of aliphatic hydroxyl groups excluding tert-OH is 1. The van der Waals surface area contributed by atoms with Gasteiger partial charge in [-0.05, 0) is 24.0 Å². The predicted octanol–water partition coefficient (Wildman–Crippen LogP) is 4.81. The van der Waals surface area contributed by atoms with Gasteiger partial charge < -0.3 is 9.84 Å². The van der Waals surface area contributed by atoms with Crippen LogP contribution >= 0.6 is 35.0 Å². The molecule has 0 saturated heterocycles. The second kappa shape index (κ2) is 6.72. The van der Waals surface area contributed by atoms with Crippen molar-refractivity contribution >= 4 is 35.0 Å². The Hall–Kier alpha value is -0.870. The molecule has 20 heavy (non-hydrogen) atoms. The quantitative estimate of drug-likeness (QED) is 0.817. The third kappa shape index (κ3) is 3.07. The molecule has 5 heteroatoms. The molecule has 0 radical (unpaired) electrons. The van der Waals surface area contributed by atoms with E-state index in [0.717, 1.165) is 10.5 Å². The molecule has 1 N–H and O–H groups in total. The van der Waals surface area contributed by atoms with E-state index in [1.807, 2.05) is 30.5 Å². The minimum atomic E-state index is -0.824. The lowest BCUT2D eigenvalue weighted by Gasteiger charge is -2.17. The van der Waals surface area contributed by atoms with Crippen molar-refractivity contribution in [3.05, 3.63) is 57.6 Å². The van der Waals surface area contributed by atoms with Crippen LogP contribution in [0.2, 0.25) is 10.0 Å². The Morgan fingerprint density at radius 2 is 1.80 bits per heavy atom. The first-order valence-corrected chi connectivity index (χ1v) is 7.90. The van der Waals surface area contributed by atoms with Crippen molar-refractivity contribution in [2.75, 3.05) is 13.4 Å². The summed E-state index contributed by atoms with van der Waals surface area (Å²) < 4.78 is 5.11. The molecule has 0 heterocycles. The molecule has 0 spiro atoms. The Morgan fingerprint density at radius 1 is 1.10 bits per heavy atom.